The van der Waals surface area contributed by atoms with Gasteiger partial charge in [0.2, 0.25) is 5.91 Å². The van der Waals surface area contributed by atoms with Crippen LogP contribution in [0.4, 0.5) is 0 Å². The van der Waals surface area contributed by atoms with Gasteiger partial charge in [0.15, 0.2) is 0 Å². The fraction of sp³-hybridized carbons (Fsp3) is 0.636. The summed E-state index contributed by atoms with van der Waals surface area (Å²) in [6.45, 7) is 4.43. The first-order valence-electron chi connectivity index (χ1n) is 5.57. The number of hydrogen-bond donors (Lipinski definition) is 2. The van der Waals surface area contributed by atoms with Gasteiger partial charge in [0.25, 0.3) is 0 Å². The lowest BCUT2D eigenvalue weighted by molar-refractivity contribution is -0.129. The molecule has 1 aliphatic rings. The minimum atomic E-state index is -0.220. The standard InChI is InChI=1S/C11H17N3OS/c1-11(3-5-12-7-11)10(15)13-4-2-9-6-16-8-14-9/h6,8,12H,2-5,7H2,1H3,(H,13,15). The molecule has 2 N–H and O–H groups in total. The maximum Gasteiger partial charge on any atom is 0.227 e. The third-order valence-corrected chi connectivity index (χ3v) is 3.70. The molecule has 5 heteroatoms. The zero-order valence-corrected chi connectivity index (χ0v) is 10.3. The monoisotopic (exact) mass is 239 g/mol. The molecule has 0 aliphatic carbocycles. The molecule has 1 amide bonds. The zero-order valence-electron chi connectivity index (χ0n) is 9.45. The molecule has 0 saturated carbocycles. The minimum absolute atomic E-state index is 0.160. The van der Waals surface area contributed by atoms with Crippen LogP contribution in [0.5, 0.6) is 0 Å². The fourth-order valence-electron chi connectivity index (χ4n) is 1.89. The second-order valence-electron chi connectivity index (χ2n) is 4.47. The van der Waals surface area contributed by atoms with Gasteiger partial charge in [-0.05, 0) is 19.9 Å². The Bertz CT molecular complexity index is 344. The van der Waals surface area contributed by atoms with Gasteiger partial charge in [-0.25, -0.2) is 4.98 Å². The number of nitrogens with zero attached hydrogens (tertiary/aromatic N) is 1. The second kappa shape index (κ2) is 4.93. The molecule has 16 heavy (non-hydrogen) atoms. The van der Waals surface area contributed by atoms with Gasteiger partial charge >= 0.3 is 0 Å². The van der Waals surface area contributed by atoms with Crippen LogP contribution in [0.25, 0.3) is 0 Å². The third-order valence-electron chi connectivity index (χ3n) is 3.07. The molecule has 1 fully saturated rings. The topological polar surface area (TPSA) is 54.0 Å². The smallest absolute Gasteiger partial charge is 0.227 e. The Kier molecular flexibility index (Phi) is 3.56. The van der Waals surface area contributed by atoms with Crippen molar-refractivity contribution < 1.29 is 4.79 Å². The highest BCUT2D eigenvalue weighted by molar-refractivity contribution is 7.07. The molecule has 4 nitrogen and oxygen atoms in total. The summed E-state index contributed by atoms with van der Waals surface area (Å²) in [5.41, 5.74) is 2.65. The van der Waals surface area contributed by atoms with E-state index >= 15 is 0 Å². The van der Waals surface area contributed by atoms with E-state index in [4.69, 9.17) is 0 Å². The van der Waals surface area contributed by atoms with E-state index in [0.29, 0.717) is 6.54 Å². The summed E-state index contributed by atoms with van der Waals surface area (Å²) in [6, 6.07) is 0. The lowest BCUT2D eigenvalue weighted by Gasteiger charge is -2.21. The molecule has 2 heterocycles. The van der Waals surface area contributed by atoms with E-state index in [2.05, 4.69) is 15.6 Å². The van der Waals surface area contributed by atoms with E-state index in [1.54, 1.807) is 11.3 Å². The molecule has 1 atom stereocenters. The second-order valence-corrected chi connectivity index (χ2v) is 5.19. The normalized spacial score (nSPS) is 24.6. The predicted octanol–water partition coefficient (Wildman–Crippen LogP) is 0.801. The Morgan fingerprint density at radius 1 is 1.75 bits per heavy atom. The fourth-order valence-corrected chi connectivity index (χ4v) is 2.48. The maximum atomic E-state index is 11.9. The van der Waals surface area contributed by atoms with Gasteiger partial charge in [-0.2, -0.15) is 0 Å². The third kappa shape index (κ3) is 2.59. The van der Waals surface area contributed by atoms with Crippen molar-refractivity contribution in [3.63, 3.8) is 0 Å². The SMILES string of the molecule is CC1(C(=O)NCCc2cscn2)CCNC1. The Balaban J connectivity index is 1.75. The molecule has 1 aliphatic heterocycles. The number of thiazole rings is 1. The first-order chi connectivity index (χ1) is 7.71. The largest absolute Gasteiger partial charge is 0.355 e. The van der Waals surface area contributed by atoms with Gasteiger partial charge in [0, 0.05) is 24.9 Å². The van der Waals surface area contributed by atoms with Gasteiger partial charge in [0.1, 0.15) is 0 Å². The van der Waals surface area contributed by atoms with E-state index < -0.39 is 0 Å². The highest BCUT2D eigenvalue weighted by Gasteiger charge is 2.35. The molecule has 1 unspecified atom stereocenters. The van der Waals surface area contributed by atoms with Crippen molar-refractivity contribution in [2.24, 2.45) is 5.41 Å². The zero-order chi connectivity index (χ0) is 11.4. The summed E-state index contributed by atoms with van der Waals surface area (Å²) in [5, 5.41) is 8.23. The molecule has 88 valence electrons. The number of nitrogens with one attached hydrogen (secondary N) is 2. The summed E-state index contributed by atoms with van der Waals surface area (Å²) in [6.07, 6.45) is 1.74. The molecule has 1 aromatic rings. The lowest BCUT2D eigenvalue weighted by atomic mass is 9.89. The summed E-state index contributed by atoms with van der Waals surface area (Å²) < 4.78 is 0. The van der Waals surface area contributed by atoms with Crippen molar-refractivity contribution in [1.82, 2.24) is 15.6 Å². The van der Waals surface area contributed by atoms with Crippen molar-refractivity contribution in [2.75, 3.05) is 19.6 Å². The van der Waals surface area contributed by atoms with Crippen molar-refractivity contribution >= 4 is 17.2 Å². The number of carbonyl (C=O) groups excluding carboxylic acids is 1. The van der Waals surface area contributed by atoms with Crippen molar-refractivity contribution in [3.05, 3.63) is 16.6 Å². The Morgan fingerprint density at radius 3 is 3.25 bits per heavy atom. The predicted molar refractivity (Wildman–Crippen MR) is 64.4 cm³/mol. The van der Waals surface area contributed by atoms with E-state index in [0.717, 1.165) is 31.6 Å². The van der Waals surface area contributed by atoms with Crippen molar-refractivity contribution in [2.45, 2.75) is 19.8 Å². The summed E-state index contributed by atoms with van der Waals surface area (Å²) in [7, 11) is 0. The van der Waals surface area contributed by atoms with Gasteiger partial charge in [0.05, 0.1) is 16.6 Å². The van der Waals surface area contributed by atoms with E-state index in [9.17, 15) is 4.79 Å². The summed E-state index contributed by atoms with van der Waals surface area (Å²) in [5.74, 6) is 0.160. The highest BCUT2D eigenvalue weighted by Crippen LogP contribution is 2.24. The quantitative estimate of drug-likeness (QED) is 0.817. The Hall–Kier alpha value is -0.940. The first kappa shape index (κ1) is 11.5. The maximum absolute atomic E-state index is 11.9. The van der Waals surface area contributed by atoms with Crippen LogP contribution in [0.3, 0.4) is 0 Å². The van der Waals surface area contributed by atoms with Crippen LogP contribution in [0, 0.1) is 5.41 Å². The van der Waals surface area contributed by atoms with Crippen LogP contribution < -0.4 is 10.6 Å². The van der Waals surface area contributed by atoms with Crippen molar-refractivity contribution in [3.8, 4) is 0 Å². The average Bonchev–Trinajstić information content (AvgIpc) is 2.90. The van der Waals surface area contributed by atoms with E-state index in [-0.39, 0.29) is 11.3 Å². The van der Waals surface area contributed by atoms with E-state index in [1.807, 2.05) is 17.8 Å². The van der Waals surface area contributed by atoms with Crippen molar-refractivity contribution in [1.29, 1.82) is 0 Å². The molecule has 0 spiro atoms. The molecule has 2 rings (SSSR count). The summed E-state index contributed by atoms with van der Waals surface area (Å²) in [4.78, 5) is 16.1. The number of hydrogen-bond acceptors (Lipinski definition) is 4. The van der Waals surface area contributed by atoms with Crippen LogP contribution >= 0.6 is 11.3 Å². The van der Waals surface area contributed by atoms with Gasteiger partial charge in [-0.3, -0.25) is 4.79 Å². The van der Waals surface area contributed by atoms with E-state index in [1.165, 1.54) is 0 Å². The number of amides is 1. The number of rotatable bonds is 4. The minimum Gasteiger partial charge on any atom is -0.355 e. The number of carbonyl (C=O) groups is 1. The highest BCUT2D eigenvalue weighted by atomic mass is 32.1. The molecule has 0 aromatic carbocycles. The Labute approximate surface area is 99.5 Å². The van der Waals surface area contributed by atoms with Crippen LogP contribution in [-0.4, -0.2) is 30.5 Å². The van der Waals surface area contributed by atoms with Crippen LogP contribution in [0.15, 0.2) is 10.9 Å². The molecule has 0 radical (unpaired) electrons. The average molecular weight is 239 g/mol. The van der Waals surface area contributed by atoms with Crippen LogP contribution in [0.1, 0.15) is 19.0 Å². The first-order valence-corrected chi connectivity index (χ1v) is 6.51. The van der Waals surface area contributed by atoms with Crippen LogP contribution in [-0.2, 0) is 11.2 Å². The molecular weight excluding hydrogens is 222 g/mol. The number of aromatic nitrogens is 1. The molecular formula is C11H17N3OS. The Morgan fingerprint density at radius 2 is 2.62 bits per heavy atom. The van der Waals surface area contributed by atoms with Crippen LogP contribution in [0.2, 0.25) is 0 Å². The molecule has 1 aromatic heterocycles. The van der Waals surface area contributed by atoms with Gasteiger partial charge in [-0.15, -0.1) is 11.3 Å². The molecule has 1 saturated heterocycles. The molecule has 0 bridgehead atoms. The van der Waals surface area contributed by atoms with Gasteiger partial charge in [-0.1, -0.05) is 0 Å². The lowest BCUT2D eigenvalue weighted by Crippen LogP contribution is -2.41. The van der Waals surface area contributed by atoms with Gasteiger partial charge < -0.3 is 10.6 Å². The summed E-state index contributed by atoms with van der Waals surface area (Å²) >= 11 is 1.59.